The van der Waals surface area contributed by atoms with E-state index in [9.17, 15) is 24.3 Å². The first-order valence-corrected chi connectivity index (χ1v) is 13.4. The standard InChI is InChI=1S/C31H32N4O5/c1-20(36)34-18-27(28(19-34)30(38)39)22-8-12-24(13-9-22)32-17-26(37)16-21-6-10-25(11-7-21)33-31(40)35-15-14-23-4-2-3-5-29(23)35/h2-13,27-28,32H,14-19H2,1H3,(H,33,40)(H,38,39). The summed E-state index contributed by atoms with van der Waals surface area (Å²) in [5.41, 5.74) is 5.23. The van der Waals surface area contributed by atoms with Crippen LogP contribution in [-0.2, 0) is 27.2 Å². The van der Waals surface area contributed by atoms with Gasteiger partial charge < -0.3 is 20.6 Å². The molecule has 0 aliphatic carbocycles. The highest BCUT2D eigenvalue weighted by atomic mass is 16.4. The van der Waals surface area contributed by atoms with Crippen LogP contribution in [0.3, 0.4) is 0 Å². The van der Waals surface area contributed by atoms with E-state index >= 15 is 0 Å². The number of anilines is 3. The average Bonchev–Trinajstić information content (AvgIpc) is 3.59. The zero-order valence-corrected chi connectivity index (χ0v) is 22.3. The molecule has 1 saturated heterocycles. The third-order valence-electron chi connectivity index (χ3n) is 7.65. The number of fused-ring (bicyclic) bond motifs is 1. The van der Waals surface area contributed by atoms with Gasteiger partial charge in [0.25, 0.3) is 0 Å². The number of carbonyl (C=O) groups excluding carboxylic acids is 3. The number of aliphatic carboxylic acids is 1. The molecule has 0 aromatic heterocycles. The van der Waals surface area contributed by atoms with Gasteiger partial charge in [-0.25, -0.2) is 4.79 Å². The molecule has 1 fully saturated rings. The molecule has 3 N–H and O–H groups in total. The van der Waals surface area contributed by atoms with Gasteiger partial charge in [0.15, 0.2) is 5.78 Å². The monoisotopic (exact) mass is 540 g/mol. The molecule has 3 amide bonds. The predicted octanol–water partition coefficient (Wildman–Crippen LogP) is 4.15. The van der Waals surface area contributed by atoms with E-state index in [2.05, 4.69) is 10.6 Å². The number of likely N-dealkylation sites (tertiary alicyclic amines) is 1. The molecule has 40 heavy (non-hydrogen) atoms. The summed E-state index contributed by atoms with van der Waals surface area (Å²) in [4.78, 5) is 52.1. The maximum Gasteiger partial charge on any atom is 0.326 e. The molecule has 9 nitrogen and oxygen atoms in total. The van der Waals surface area contributed by atoms with Gasteiger partial charge in [-0.1, -0.05) is 42.5 Å². The molecule has 2 aliphatic rings. The van der Waals surface area contributed by atoms with E-state index < -0.39 is 11.9 Å². The van der Waals surface area contributed by atoms with E-state index in [1.54, 1.807) is 21.9 Å². The molecule has 0 bridgehead atoms. The van der Waals surface area contributed by atoms with Crippen LogP contribution in [0, 0.1) is 5.92 Å². The first-order chi connectivity index (χ1) is 19.3. The number of nitrogens with one attached hydrogen (secondary N) is 2. The quantitative estimate of drug-likeness (QED) is 0.395. The zero-order chi connectivity index (χ0) is 28.2. The molecule has 3 aromatic carbocycles. The number of hydrogen-bond acceptors (Lipinski definition) is 5. The number of carboxylic acid groups (broad SMARTS) is 1. The molecule has 9 heteroatoms. The number of rotatable bonds is 8. The Hall–Kier alpha value is -4.66. The van der Waals surface area contributed by atoms with Crippen LogP contribution >= 0.6 is 0 Å². The molecule has 206 valence electrons. The Morgan fingerprint density at radius 3 is 2.30 bits per heavy atom. The minimum absolute atomic E-state index is 0.00775. The van der Waals surface area contributed by atoms with Crippen molar-refractivity contribution in [3.8, 4) is 0 Å². The van der Waals surface area contributed by atoms with E-state index in [4.69, 9.17) is 0 Å². The average molecular weight is 541 g/mol. The van der Waals surface area contributed by atoms with E-state index in [1.807, 2.05) is 60.7 Å². The lowest BCUT2D eigenvalue weighted by Gasteiger charge is -2.18. The summed E-state index contributed by atoms with van der Waals surface area (Å²) in [5, 5.41) is 15.6. The molecule has 2 aliphatic heterocycles. The molecule has 3 aromatic rings. The summed E-state index contributed by atoms with van der Waals surface area (Å²) in [5.74, 6) is -1.93. The largest absolute Gasteiger partial charge is 0.481 e. The van der Waals surface area contributed by atoms with Crippen molar-refractivity contribution >= 4 is 40.8 Å². The van der Waals surface area contributed by atoms with Gasteiger partial charge in [-0.05, 0) is 53.4 Å². The van der Waals surface area contributed by atoms with Gasteiger partial charge in [0.2, 0.25) is 5.91 Å². The smallest absolute Gasteiger partial charge is 0.326 e. The van der Waals surface area contributed by atoms with Crippen LogP contribution < -0.4 is 15.5 Å². The molecule has 0 radical (unpaired) electrons. The highest BCUT2D eigenvalue weighted by Gasteiger charge is 2.39. The first-order valence-electron chi connectivity index (χ1n) is 13.4. The van der Waals surface area contributed by atoms with Crippen LogP contribution in [0.15, 0.2) is 72.8 Å². The Labute approximate surface area is 232 Å². The van der Waals surface area contributed by atoms with Gasteiger partial charge in [0.05, 0.1) is 12.5 Å². The Kier molecular flexibility index (Phi) is 7.82. The Morgan fingerprint density at radius 1 is 0.900 bits per heavy atom. The van der Waals surface area contributed by atoms with Crippen molar-refractivity contribution in [2.45, 2.75) is 25.7 Å². The predicted molar refractivity (Wildman–Crippen MR) is 153 cm³/mol. The molecular formula is C31H32N4O5. The molecule has 2 heterocycles. The number of benzene rings is 3. The zero-order valence-electron chi connectivity index (χ0n) is 22.3. The third-order valence-corrected chi connectivity index (χ3v) is 7.65. The number of ketones is 1. The molecule has 2 atom stereocenters. The van der Waals surface area contributed by atoms with Crippen LogP contribution in [-0.4, -0.2) is 59.9 Å². The van der Waals surface area contributed by atoms with Crippen molar-refractivity contribution in [3.63, 3.8) is 0 Å². The second kappa shape index (κ2) is 11.6. The summed E-state index contributed by atoms with van der Waals surface area (Å²) in [7, 11) is 0. The molecular weight excluding hydrogens is 508 g/mol. The van der Waals surface area contributed by atoms with Crippen LogP contribution in [0.4, 0.5) is 21.9 Å². The lowest BCUT2D eigenvalue weighted by atomic mass is 9.89. The van der Waals surface area contributed by atoms with Crippen molar-refractivity contribution in [1.82, 2.24) is 4.90 Å². The fourth-order valence-electron chi connectivity index (χ4n) is 5.43. The van der Waals surface area contributed by atoms with Gasteiger partial charge in [-0.2, -0.15) is 0 Å². The van der Waals surface area contributed by atoms with Gasteiger partial charge in [0.1, 0.15) is 0 Å². The summed E-state index contributed by atoms with van der Waals surface area (Å²) < 4.78 is 0. The van der Waals surface area contributed by atoms with Gasteiger partial charge in [-0.3, -0.25) is 19.3 Å². The highest BCUT2D eigenvalue weighted by molar-refractivity contribution is 6.03. The number of urea groups is 1. The summed E-state index contributed by atoms with van der Waals surface area (Å²) in [6.07, 6.45) is 1.09. The topological polar surface area (TPSA) is 119 Å². The lowest BCUT2D eigenvalue weighted by Crippen LogP contribution is -2.33. The number of carboxylic acids is 1. The molecule has 0 spiro atoms. The van der Waals surface area contributed by atoms with Crippen LogP contribution in [0.25, 0.3) is 0 Å². The second-order valence-corrected chi connectivity index (χ2v) is 10.3. The lowest BCUT2D eigenvalue weighted by molar-refractivity contribution is -0.141. The SMILES string of the molecule is CC(=O)N1CC(C(=O)O)C(c2ccc(NCC(=O)Cc3ccc(NC(=O)N4CCc5ccccc54)cc3)cc2)C1. The maximum absolute atomic E-state index is 12.8. The Balaban J connectivity index is 1.10. The summed E-state index contributed by atoms with van der Waals surface area (Å²) in [6.45, 7) is 2.84. The maximum atomic E-state index is 12.8. The Bertz CT molecular complexity index is 1420. The number of hydrogen-bond donors (Lipinski definition) is 3. The van der Waals surface area contributed by atoms with Gasteiger partial charge in [0, 0.05) is 56.0 Å². The van der Waals surface area contributed by atoms with E-state index in [1.165, 1.54) is 6.92 Å². The van der Waals surface area contributed by atoms with Crippen molar-refractivity contribution in [1.29, 1.82) is 0 Å². The van der Waals surface area contributed by atoms with Crippen LogP contribution in [0.1, 0.15) is 29.5 Å². The second-order valence-electron chi connectivity index (χ2n) is 10.3. The number of amides is 3. The van der Waals surface area contributed by atoms with E-state index in [-0.39, 0.29) is 43.1 Å². The van der Waals surface area contributed by atoms with Gasteiger partial charge >= 0.3 is 12.0 Å². The van der Waals surface area contributed by atoms with Crippen molar-refractivity contribution in [3.05, 3.63) is 89.5 Å². The number of nitrogens with zero attached hydrogens (tertiary/aromatic N) is 2. The van der Waals surface area contributed by atoms with Crippen molar-refractivity contribution in [2.24, 2.45) is 5.92 Å². The third kappa shape index (κ3) is 5.98. The fraction of sp³-hybridized carbons (Fsp3) is 0.290. The number of Topliss-reactive ketones (excluding diaryl/α,β-unsaturated/α-hetero) is 1. The summed E-state index contributed by atoms with van der Waals surface area (Å²) >= 11 is 0. The van der Waals surface area contributed by atoms with Gasteiger partial charge in [-0.15, -0.1) is 0 Å². The van der Waals surface area contributed by atoms with Crippen LogP contribution in [0.5, 0.6) is 0 Å². The number of carbonyl (C=O) groups is 4. The molecule has 2 unspecified atom stereocenters. The fourth-order valence-corrected chi connectivity index (χ4v) is 5.43. The van der Waals surface area contributed by atoms with Crippen molar-refractivity contribution in [2.75, 3.05) is 41.7 Å². The summed E-state index contributed by atoms with van der Waals surface area (Å²) in [6, 6.07) is 22.4. The Morgan fingerprint density at radius 2 is 1.60 bits per heavy atom. The highest BCUT2D eigenvalue weighted by Crippen LogP contribution is 2.33. The number of para-hydroxylation sites is 1. The van der Waals surface area contributed by atoms with E-state index in [0.717, 1.165) is 34.5 Å². The normalized spacial score (nSPS) is 17.8. The minimum atomic E-state index is -0.908. The molecule has 0 saturated carbocycles. The van der Waals surface area contributed by atoms with Crippen molar-refractivity contribution < 1.29 is 24.3 Å². The first kappa shape index (κ1) is 26.9. The minimum Gasteiger partial charge on any atom is -0.481 e. The van der Waals surface area contributed by atoms with Crippen LogP contribution in [0.2, 0.25) is 0 Å². The molecule has 5 rings (SSSR count). The van der Waals surface area contributed by atoms with E-state index in [0.29, 0.717) is 18.8 Å².